The first-order chi connectivity index (χ1) is 11.3. The van der Waals surface area contributed by atoms with Gasteiger partial charge in [0.2, 0.25) is 0 Å². The van der Waals surface area contributed by atoms with Gasteiger partial charge in [-0.15, -0.1) is 0 Å². The molecule has 0 atom stereocenters. The van der Waals surface area contributed by atoms with Crippen molar-refractivity contribution in [2.75, 3.05) is 20.3 Å². The Morgan fingerprint density at radius 2 is 1.71 bits per heavy atom. The van der Waals surface area contributed by atoms with Crippen LogP contribution in [0.2, 0.25) is 0 Å². The normalized spacial score (nSPS) is 11.3. The maximum absolute atomic E-state index is 13.6. The molecule has 2 aromatic rings. The monoisotopic (exact) mass is 358 g/mol. The van der Waals surface area contributed by atoms with E-state index in [0.717, 1.165) is 12.1 Å². The zero-order chi connectivity index (χ0) is 17.7. The summed E-state index contributed by atoms with van der Waals surface area (Å²) in [5, 5.41) is 0. The number of halogens is 2. The SMILES string of the molecule is COCCOc1ccc(S(=O)(=O)Oc2ccc(F)cc2F)cc1C. The van der Waals surface area contributed by atoms with Crippen molar-refractivity contribution < 1.29 is 30.9 Å². The highest BCUT2D eigenvalue weighted by molar-refractivity contribution is 7.87. The Morgan fingerprint density at radius 3 is 2.33 bits per heavy atom. The number of rotatable bonds is 7. The van der Waals surface area contributed by atoms with Crippen molar-refractivity contribution in [1.29, 1.82) is 0 Å². The van der Waals surface area contributed by atoms with Crippen LogP contribution in [0.1, 0.15) is 5.56 Å². The van der Waals surface area contributed by atoms with Crippen LogP contribution >= 0.6 is 0 Å². The highest BCUT2D eigenvalue weighted by Crippen LogP contribution is 2.26. The van der Waals surface area contributed by atoms with Gasteiger partial charge in [-0.05, 0) is 42.8 Å². The molecule has 0 aliphatic heterocycles. The standard InChI is InChI=1S/C16H16F2O5S/c1-11-9-13(4-6-15(11)22-8-7-21-2)24(19,20)23-16-5-3-12(17)10-14(16)18/h3-6,9-10H,7-8H2,1-2H3. The predicted octanol–water partition coefficient (Wildman–Crippen LogP) is 3.07. The van der Waals surface area contributed by atoms with Gasteiger partial charge in [-0.25, -0.2) is 8.78 Å². The quantitative estimate of drug-likeness (QED) is 0.562. The summed E-state index contributed by atoms with van der Waals surface area (Å²) in [7, 11) is -2.72. The maximum atomic E-state index is 13.6. The third-order valence-corrected chi connectivity index (χ3v) is 4.30. The average molecular weight is 358 g/mol. The van der Waals surface area contributed by atoms with Crippen LogP contribution in [0.3, 0.4) is 0 Å². The van der Waals surface area contributed by atoms with Gasteiger partial charge in [-0.2, -0.15) is 8.42 Å². The first-order valence-corrected chi connectivity index (χ1v) is 8.36. The zero-order valence-electron chi connectivity index (χ0n) is 13.1. The van der Waals surface area contributed by atoms with E-state index in [1.165, 1.54) is 25.3 Å². The topological polar surface area (TPSA) is 61.8 Å². The lowest BCUT2D eigenvalue weighted by Gasteiger charge is -2.11. The molecule has 0 N–H and O–H groups in total. The summed E-state index contributed by atoms with van der Waals surface area (Å²) in [6.45, 7) is 2.38. The number of hydrogen-bond acceptors (Lipinski definition) is 5. The van der Waals surface area contributed by atoms with Gasteiger partial charge < -0.3 is 13.7 Å². The van der Waals surface area contributed by atoms with Crippen LogP contribution < -0.4 is 8.92 Å². The van der Waals surface area contributed by atoms with Crippen LogP contribution in [0.5, 0.6) is 11.5 Å². The minimum absolute atomic E-state index is 0.164. The highest BCUT2D eigenvalue weighted by atomic mass is 32.2. The van der Waals surface area contributed by atoms with Crippen molar-refractivity contribution in [1.82, 2.24) is 0 Å². The van der Waals surface area contributed by atoms with Gasteiger partial charge in [0.15, 0.2) is 11.6 Å². The van der Waals surface area contributed by atoms with E-state index in [4.69, 9.17) is 13.7 Å². The summed E-state index contributed by atoms with van der Waals surface area (Å²) in [6, 6.07) is 6.47. The van der Waals surface area contributed by atoms with Crippen molar-refractivity contribution >= 4 is 10.1 Å². The van der Waals surface area contributed by atoms with E-state index in [1.807, 2.05) is 0 Å². The Bertz CT molecular complexity index is 821. The first kappa shape index (κ1) is 18.2. The van der Waals surface area contributed by atoms with Crippen molar-refractivity contribution in [2.24, 2.45) is 0 Å². The fraction of sp³-hybridized carbons (Fsp3) is 0.250. The molecule has 0 saturated heterocycles. The van der Waals surface area contributed by atoms with E-state index >= 15 is 0 Å². The lowest BCUT2D eigenvalue weighted by atomic mass is 10.2. The number of benzene rings is 2. The second-order valence-corrected chi connectivity index (χ2v) is 6.43. The van der Waals surface area contributed by atoms with E-state index in [2.05, 4.69) is 0 Å². The largest absolute Gasteiger partial charge is 0.491 e. The molecule has 0 fully saturated rings. The summed E-state index contributed by atoms with van der Waals surface area (Å²) >= 11 is 0. The van der Waals surface area contributed by atoms with Crippen molar-refractivity contribution in [2.45, 2.75) is 11.8 Å². The molecule has 0 unspecified atom stereocenters. The van der Waals surface area contributed by atoms with Crippen molar-refractivity contribution in [3.63, 3.8) is 0 Å². The number of ether oxygens (including phenoxy) is 2. The van der Waals surface area contributed by atoms with E-state index in [0.29, 0.717) is 30.6 Å². The molecule has 0 aromatic heterocycles. The lowest BCUT2D eigenvalue weighted by molar-refractivity contribution is 0.146. The molecule has 2 aromatic carbocycles. The fourth-order valence-electron chi connectivity index (χ4n) is 1.88. The predicted molar refractivity (Wildman–Crippen MR) is 82.7 cm³/mol. The minimum Gasteiger partial charge on any atom is -0.491 e. The Kier molecular flexibility index (Phi) is 5.74. The molecule has 5 nitrogen and oxygen atoms in total. The number of hydrogen-bond donors (Lipinski definition) is 0. The smallest absolute Gasteiger partial charge is 0.339 e. The molecular weight excluding hydrogens is 342 g/mol. The van der Waals surface area contributed by atoms with Crippen LogP contribution in [0.4, 0.5) is 8.78 Å². The first-order valence-electron chi connectivity index (χ1n) is 6.95. The van der Waals surface area contributed by atoms with Crippen molar-refractivity contribution in [3.8, 4) is 11.5 Å². The molecule has 0 spiro atoms. The van der Waals surface area contributed by atoms with Crippen LogP contribution in [0.15, 0.2) is 41.3 Å². The average Bonchev–Trinajstić information content (AvgIpc) is 2.52. The zero-order valence-corrected chi connectivity index (χ0v) is 13.9. The summed E-state index contributed by atoms with van der Waals surface area (Å²) in [5.41, 5.74) is 0.565. The number of aryl methyl sites for hydroxylation is 1. The third-order valence-electron chi connectivity index (χ3n) is 3.07. The van der Waals surface area contributed by atoms with Crippen LogP contribution in [0, 0.1) is 18.6 Å². The summed E-state index contributed by atoms with van der Waals surface area (Å²) in [4.78, 5) is -0.164. The molecule has 0 saturated carbocycles. The van der Waals surface area contributed by atoms with Crippen molar-refractivity contribution in [3.05, 3.63) is 53.6 Å². The molecular formula is C16H16F2O5S. The Balaban J connectivity index is 2.21. The van der Waals surface area contributed by atoms with E-state index in [1.54, 1.807) is 6.92 Å². The molecule has 8 heteroatoms. The molecule has 0 aliphatic carbocycles. The van der Waals surface area contributed by atoms with Gasteiger partial charge in [0, 0.05) is 13.2 Å². The van der Waals surface area contributed by atoms with Gasteiger partial charge in [-0.3, -0.25) is 0 Å². The van der Waals surface area contributed by atoms with Gasteiger partial charge in [0.25, 0.3) is 0 Å². The van der Waals surface area contributed by atoms with E-state index < -0.39 is 27.5 Å². The molecule has 0 radical (unpaired) electrons. The van der Waals surface area contributed by atoms with Gasteiger partial charge in [-0.1, -0.05) is 0 Å². The summed E-state index contributed by atoms with van der Waals surface area (Å²) < 4.78 is 65.9. The minimum atomic E-state index is -4.26. The Labute approximate surface area is 138 Å². The molecule has 24 heavy (non-hydrogen) atoms. The van der Waals surface area contributed by atoms with Crippen LogP contribution in [-0.4, -0.2) is 28.7 Å². The van der Waals surface area contributed by atoms with Crippen LogP contribution in [-0.2, 0) is 14.9 Å². The molecule has 0 bridgehead atoms. The van der Waals surface area contributed by atoms with Gasteiger partial charge in [0.05, 0.1) is 6.61 Å². The molecule has 0 heterocycles. The second-order valence-electron chi connectivity index (χ2n) is 4.88. The highest BCUT2D eigenvalue weighted by Gasteiger charge is 2.20. The van der Waals surface area contributed by atoms with Gasteiger partial charge >= 0.3 is 10.1 Å². The Hall–Kier alpha value is -2.19. The number of methoxy groups -OCH3 is 1. The fourth-order valence-corrected chi connectivity index (χ4v) is 2.91. The van der Waals surface area contributed by atoms with Gasteiger partial charge in [0.1, 0.15) is 23.1 Å². The molecule has 130 valence electrons. The molecule has 0 aliphatic rings. The van der Waals surface area contributed by atoms with Crippen LogP contribution in [0.25, 0.3) is 0 Å². The summed E-state index contributed by atoms with van der Waals surface area (Å²) in [5.74, 6) is -2.01. The second kappa shape index (κ2) is 7.59. The third kappa shape index (κ3) is 4.42. The maximum Gasteiger partial charge on any atom is 0.339 e. The van der Waals surface area contributed by atoms with E-state index in [-0.39, 0.29) is 4.90 Å². The van der Waals surface area contributed by atoms with E-state index in [9.17, 15) is 17.2 Å². The molecule has 2 rings (SSSR count). The summed E-state index contributed by atoms with van der Waals surface area (Å²) in [6.07, 6.45) is 0. The lowest BCUT2D eigenvalue weighted by Crippen LogP contribution is -2.11. The Morgan fingerprint density at radius 1 is 1.00 bits per heavy atom. The molecule has 0 amide bonds.